The van der Waals surface area contributed by atoms with E-state index in [1.807, 2.05) is 36.4 Å². The molecule has 0 saturated heterocycles. The number of benzene rings is 3. The van der Waals surface area contributed by atoms with Crippen molar-refractivity contribution >= 4 is 23.4 Å². The van der Waals surface area contributed by atoms with E-state index in [2.05, 4.69) is 0 Å². The van der Waals surface area contributed by atoms with Gasteiger partial charge in [0.25, 0.3) is 0 Å². The lowest BCUT2D eigenvalue weighted by Gasteiger charge is -2.23. The van der Waals surface area contributed by atoms with E-state index in [-0.39, 0.29) is 29.9 Å². The molecule has 1 aliphatic heterocycles. The molecule has 0 N–H and O–H groups in total. The Morgan fingerprint density at radius 1 is 0.969 bits per heavy atom. The second kappa shape index (κ2) is 9.53. The molecule has 3 aromatic carbocycles. The largest absolute Gasteiger partial charge is 0.493 e. The average Bonchev–Trinajstić information content (AvgIpc) is 2.95. The summed E-state index contributed by atoms with van der Waals surface area (Å²) in [6, 6.07) is 18.0. The van der Waals surface area contributed by atoms with Crippen molar-refractivity contribution < 1.29 is 23.4 Å². The quantitative estimate of drug-likeness (QED) is 0.485. The minimum Gasteiger partial charge on any atom is -0.493 e. The molecule has 32 heavy (non-hydrogen) atoms. The Bertz CT molecular complexity index is 1110. The summed E-state index contributed by atoms with van der Waals surface area (Å²) in [6.45, 7) is 0.172. The van der Waals surface area contributed by atoms with Gasteiger partial charge < -0.3 is 19.1 Å². The van der Waals surface area contributed by atoms with Gasteiger partial charge in [-0.2, -0.15) is 0 Å². The molecule has 4 rings (SSSR count). The Hall–Kier alpha value is -3.19. The van der Waals surface area contributed by atoms with Gasteiger partial charge in [0.1, 0.15) is 5.82 Å². The Balaban J connectivity index is 1.74. The van der Waals surface area contributed by atoms with Crippen molar-refractivity contribution in [2.45, 2.75) is 23.1 Å². The van der Waals surface area contributed by atoms with E-state index in [4.69, 9.17) is 14.2 Å². The van der Waals surface area contributed by atoms with Gasteiger partial charge in [0, 0.05) is 22.1 Å². The number of nitrogens with zero attached hydrogens (tertiary/aromatic N) is 1. The van der Waals surface area contributed by atoms with Crippen LogP contribution in [0.2, 0.25) is 0 Å². The van der Waals surface area contributed by atoms with Crippen LogP contribution in [0.3, 0.4) is 0 Å². The Kier molecular flexibility index (Phi) is 6.55. The fourth-order valence-electron chi connectivity index (χ4n) is 3.82. The van der Waals surface area contributed by atoms with Crippen LogP contribution < -0.4 is 19.1 Å². The maximum Gasteiger partial charge on any atom is 0.228 e. The smallest absolute Gasteiger partial charge is 0.228 e. The summed E-state index contributed by atoms with van der Waals surface area (Å²) < 4.78 is 30.8. The van der Waals surface area contributed by atoms with Crippen molar-refractivity contribution in [2.24, 2.45) is 0 Å². The monoisotopic (exact) mass is 453 g/mol. The molecule has 1 unspecified atom stereocenters. The Morgan fingerprint density at radius 3 is 2.28 bits per heavy atom. The van der Waals surface area contributed by atoms with Crippen molar-refractivity contribution in [1.29, 1.82) is 0 Å². The second-order valence-corrected chi connectivity index (χ2v) is 8.55. The first kappa shape index (κ1) is 22.0. The van der Waals surface area contributed by atoms with Crippen LogP contribution in [0.5, 0.6) is 17.2 Å². The number of para-hydroxylation sites is 1. The first-order valence-electron chi connectivity index (χ1n) is 10.1. The van der Waals surface area contributed by atoms with Crippen LogP contribution in [0.1, 0.15) is 22.8 Å². The van der Waals surface area contributed by atoms with Crippen LogP contribution in [0.4, 0.5) is 10.1 Å². The van der Waals surface area contributed by atoms with Gasteiger partial charge in [-0.25, -0.2) is 4.39 Å². The Morgan fingerprint density at radius 2 is 1.62 bits per heavy atom. The van der Waals surface area contributed by atoms with Gasteiger partial charge in [-0.15, -0.1) is 11.8 Å². The lowest BCUT2D eigenvalue weighted by Crippen LogP contribution is -2.30. The summed E-state index contributed by atoms with van der Waals surface area (Å²) in [5.74, 6) is 1.18. The maximum atomic E-state index is 14.3. The van der Waals surface area contributed by atoms with Crippen LogP contribution >= 0.6 is 11.8 Å². The summed E-state index contributed by atoms with van der Waals surface area (Å²) in [7, 11) is 4.69. The molecule has 1 atom stereocenters. The number of hydrogen-bond acceptors (Lipinski definition) is 5. The van der Waals surface area contributed by atoms with Gasteiger partial charge in [-0.05, 0) is 35.9 Å². The van der Waals surface area contributed by atoms with E-state index in [0.717, 1.165) is 16.1 Å². The molecule has 166 valence electrons. The summed E-state index contributed by atoms with van der Waals surface area (Å²) in [5.41, 5.74) is 2.15. The third-order valence-corrected chi connectivity index (χ3v) is 6.75. The average molecular weight is 454 g/mol. The first-order chi connectivity index (χ1) is 15.5. The molecule has 1 heterocycles. The molecule has 7 heteroatoms. The highest BCUT2D eigenvalue weighted by molar-refractivity contribution is 7.99. The van der Waals surface area contributed by atoms with E-state index >= 15 is 0 Å². The zero-order valence-electron chi connectivity index (χ0n) is 18.1. The highest BCUT2D eigenvalue weighted by Crippen LogP contribution is 2.49. The van der Waals surface area contributed by atoms with Crippen LogP contribution in [0.15, 0.2) is 65.6 Å². The fraction of sp³-hybridized carbons (Fsp3) is 0.240. The molecule has 0 aliphatic carbocycles. The van der Waals surface area contributed by atoms with Crippen LogP contribution in [-0.4, -0.2) is 27.2 Å². The van der Waals surface area contributed by atoms with E-state index in [1.54, 1.807) is 56.2 Å². The minimum absolute atomic E-state index is 0.0792. The van der Waals surface area contributed by atoms with Gasteiger partial charge in [-0.1, -0.05) is 30.3 Å². The van der Waals surface area contributed by atoms with E-state index in [9.17, 15) is 9.18 Å². The molecular weight excluding hydrogens is 429 g/mol. The molecule has 5 nitrogen and oxygen atoms in total. The summed E-state index contributed by atoms with van der Waals surface area (Å²) in [4.78, 5) is 16.0. The summed E-state index contributed by atoms with van der Waals surface area (Å²) in [5, 5.41) is -0.178. The molecule has 1 aliphatic rings. The third-order valence-electron chi connectivity index (χ3n) is 5.43. The number of halogens is 1. The standard InChI is InChI=1S/C25H24FNO4S/c1-29-20-12-17(13-21(30-2)25(20)31-3)23-14-24(28)27(15-16-8-4-5-9-18(16)26)19-10-6-7-11-22(19)32-23/h4-13,23H,14-15H2,1-3H3. The fourth-order valence-corrected chi connectivity index (χ4v) is 5.08. The van der Waals surface area contributed by atoms with E-state index in [1.165, 1.54) is 6.07 Å². The SMILES string of the molecule is COc1cc(C2CC(=O)N(Cc3ccccc3F)c3ccccc3S2)cc(OC)c1OC. The highest BCUT2D eigenvalue weighted by atomic mass is 32.2. The number of rotatable bonds is 6. The first-order valence-corrected chi connectivity index (χ1v) is 11.0. The predicted octanol–water partition coefficient (Wildman–Crippen LogP) is 5.62. The number of anilines is 1. The molecular formula is C25H24FNO4S. The lowest BCUT2D eigenvalue weighted by atomic mass is 10.1. The number of amides is 1. The van der Waals surface area contributed by atoms with Gasteiger partial charge in [0.15, 0.2) is 11.5 Å². The van der Waals surface area contributed by atoms with Gasteiger partial charge >= 0.3 is 0 Å². The van der Waals surface area contributed by atoms with Crippen LogP contribution in [0.25, 0.3) is 0 Å². The van der Waals surface area contributed by atoms with Crippen molar-refractivity contribution in [3.63, 3.8) is 0 Å². The van der Waals surface area contributed by atoms with Crippen LogP contribution in [0, 0.1) is 5.82 Å². The topological polar surface area (TPSA) is 48.0 Å². The van der Waals surface area contributed by atoms with Gasteiger partial charge in [0.2, 0.25) is 11.7 Å². The van der Waals surface area contributed by atoms with E-state index in [0.29, 0.717) is 22.8 Å². The zero-order chi connectivity index (χ0) is 22.7. The molecule has 0 fully saturated rings. The Labute approximate surface area is 191 Å². The number of thioether (sulfide) groups is 1. The number of carbonyl (C=O) groups is 1. The normalized spacial score (nSPS) is 15.7. The molecule has 0 radical (unpaired) electrons. The number of fused-ring (bicyclic) bond motifs is 1. The molecule has 0 bridgehead atoms. The van der Waals surface area contributed by atoms with Crippen LogP contribution in [-0.2, 0) is 11.3 Å². The van der Waals surface area contributed by atoms with Crippen molar-refractivity contribution in [3.8, 4) is 17.2 Å². The number of ether oxygens (including phenoxy) is 3. The minimum atomic E-state index is -0.323. The van der Waals surface area contributed by atoms with Crippen molar-refractivity contribution in [2.75, 3.05) is 26.2 Å². The molecule has 0 saturated carbocycles. The highest BCUT2D eigenvalue weighted by Gasteiger charge is 2.31. The molecule has 0 spiro atoms. The lowest BCUT2D eigenvalue weighted by molar-refractivity contribution is -0.118. The van der Waals surface area contributed by atoms with Gasteiger partial charge in [0.05, 0.1) is 33.6 Å². The van der Waals surface area contributed by atoms with Crippen molar-refractivity contribution in [1.82, 2.24) is 0 Å². The number of carbonyl (C=O) groups excluding carboxylic acids is 1. The van der Waals surface area contributed by atoms with E-state index < -0.39 is 0 Å². The number of methoxy groups -OCH3 is 3. The van der Waals surface area contributed by atoms with Gasteiger partial charge in [-0.3, -0.25) is 4.79 Å². The molecule has 0 aromatic heterocycles. The predicted molar refractivity (Wildman–Crippen MR) is 123 cm³/mol. The second-order valence-electron chi connectivity index (χ2n) is 7.31. The molecule has 3 aromatic rings. The number of hydrogen-bond donors (Lipinski definition) is 0. The summed E-state index contributed by atoms with van der Waals surface area (Å²) in [6.07, 6.45) is 0.242. The maximum absolute atomic E-state index is 14.3. The third kappa shape index (κ3) is 4.25. The van der Waals surface area contributed by atoms with Crippen molar-refractivity contribution in [3.05, 3.63) is 77.6 Å². The molecule has 1 amide bonds. The zero-order valence-corrected chi connectivity index (χ0v) is 18.9. The summed E-state index contributed by atoms with van der Waals surface area (Å²) >= 11 is 1.60.